The molecule has 0 spiro atoms. The minimum Gasteiger partial charge on any atom is -0.309 e. The van der Waals surface area contributed by atoms with E-state index in [2.05, 4.69) is 57.8 Å². The Morgan fingerprint density at radius 3 is 2.82 bits per heavy atom. The Labute approximate surface area is 119 Å². The lowest BCUT2D eigenvalue weighted by Gasteiger charge is -2.16. The van der Waals surface area contributed by atoms with E-state index in [1.165, 1.54) is 20.0 Å². The highest BCUT2D eigenvalue weighted by Crippen LogP contribution is 2.30. The van der Waals surface area contributed by atoms with Gasteiger partial charge in [-0.05, 0) is 52.5 Å². The standard InChI is InChI=1S/C13H16BrNS2/c1-2-7-15-11(9-10-4-3-8-16-10)12-5-6-13(14)17-12/h3-6,8,11,15H,2,7,9H2,1H3. The molecule has 0 aromatic carbocycles. The first-order valence-electron chi connectivity index (χ1n) is 5.80. The van der Waals surface area contributed by atoms with Crippen molar-refractivity contribution in [2.45, 2.75) is 25.8 Å². The van der Waals surface area contributed by atoms with E-state index in [1.54, 1.807) is 0 Å². The summed E-state index contributed by atoms with van der Waals surface area (Å²) in [7, 11) is 0. The van der Waals surface area contributed by atoms with Crippen molar-refractivity contribution in [3.05, 3.63) is 43.2 Å². The Balaban J connectivity index is 2.07. The van der Waals surface area contributed by atoms with Crippen LogP contribution < -0.4 is 5.32 Å². The largest absolute Gasteiger partial charge is 0.309 e. The Bertz CT molecular complexity index is 436. The summed E-state index contributed by atoms with van der Waals surface area (Å²) in [5, 5.41) is 5.78. The van der Waals surface area contributed by atoms with Crippen LogP contribution in [0.3, 0.4) is 0 Å². The summed E-state index contributed by atoms with van der Waals surface area (Å²) in [5.41, 5.74) is 0. The molecule has 0 radical (unpaired) electrons. The van der Waals surface area contributed by atoms with E-state index in [1.807, 2.05) is 22.7 Å². The molecule has 4 heteroatoms. The van der Waals surface area contributed by atoms with E-state index in [0.29, 0.717) is 6.04 Å². The maximum absolute atomic E-state index is 3.63. The highest BCUT2D eigenvalue weighted by Gasteiger charge is 2.14. The Hall–Kier alpha value is -0.160. The van der Waals surface area contributed by atoms with Gasteiger partial charge >= 0.3 is 0 Å². The van der Waals surface area contributed by atoms with Gasteiger partial charge in [0, 0.05) is 22.2 Å². The molecule has 0 aliphatic rings. The molecular formula is C13H16BrNS2. The van der Waals surface area contributed by atoms with Crippen molar-refractivity contribution in [2.24, 2.45) is 0 Å². The van der Waals surface area contributed by atoms with E-state index in [4.69, 9.17) is 0 Å². The first-order chi connectivity index (χ1) is 8.29. The normalized spacial score (nSPS) is 12.8. The van der Waals surface area contributed by atoms with Gasteiger partial charge in [0.25, 0.3) is 0 Å². The van der Waals surface area contributed by atoms with E-state index in [-0.39, 0.29) is 0 Å². The topological polar surface area (TPSA) is 12.0 Å². The van der Waals surface area contributed by atoms with Gasteiger partial charge in [-0.2, -0.15) is 0 Å². The van der Waals surface area contributed by atoms with Gasteiger partial charge < -0.3 is 5.32 Å². The Morgan fingerprint density at radius 1 is 1.35 bits per heavy atom. The van der Waals surface area contributed by atoms with Crippen molar-refractivity contribution in [3.63, 3.8) is 0 Å². The predicted octanol–water partition coefficient (Wildman–Crippen LogP) is 4.86. The summed E-state index contributed by atoms with van der Waals surface area (Å²) in [6.45, 7) is 3.28. The van der Waals surface area contributed by atoms with Crippen LogP contribution in [0, 0.1) is 0 Å². The monoisotopic (exact) mass is 329 g/mol. The maximum atomic E-state index is 3.63. The highest BCUT2D eigenvalue weighted by atomic mass is 79.9. The molecule has 2 aromatic heterocycles. The predicted molar refractivity (Wildman–Crippen MR) is 81.1 cm³/mol. The molecule has 2 heterocycles. The summed E-state index contributed by atoms with van der Waals surface area (Å²) < 4.78 is 1.21. The first kappa shape index (κ1) is 13.3. The fourth-order valence-corrected chi connectivity index (χ4v) is 3.99. The van der Waals surface area contributed by atoms with Gasteiger partial charge in [-0.25, -0.2) is 0 Å². The van der Waals surface area contributed by atoms with Gasteiger partial charge in [0.2, 0.25) is 0 Å². The molecule has 0 aliphatic carbocycles. The van der Waals surface area contributed by atoms with Gasteiger partial charge in [0.05, 0.1) is 3.79 Å². The Kier molecular flexibility index (Phi) is 5.22. The van der Waals surface area contributed by atoms with Gasteiger partial charge in [-0.3, -0.25) is 0 Å². The fourth-order valence-electron chi connectivity index (χ4n) is 1.74. The van der Waals surface area contributed by atoms with E-state index in [9.17, 15) is 0 Å². The van der Waals surface area contributed by atoms with Crippen molar-refractivity contribution in [1.82, 2.24) is 5.32 Å². The van der Waals surface area contributed by atoms with Crippen LogP contribution >= 0.6 is 38.6 Å². The molecular weight excluding hydrogens is 314 g/mol. The van der Waals surface area contributed by atoms with Crippen LogP contribution in [-0.4, -0.2) is 6.54 Å². The zero-order chi connectivity index (χ0) is 12.1. The van der Waals surface area contributed by atoms with E-state index in [0.717, 1.165) is 13.0 Å². The smallest absolute Gasteiger partial charge is 0.0701 e. The van der Waals surface area contributed by atoms with Crippen molar-refractivity contribution in [2.75, 3.05) is 6.54 Å². The molecule has 0 bridgehead atoms. The van der Waals surface area contributed by atoms with Crippen LogP contribution in [0.5, 0.6) is 0 Å². The average molecular weight is 330 g/mol. The maximum Gasteiger partial charge on any atom is 0.0701 e. The SMILES string of the molecule is CCCNC(Cc1cccs1)c1ccc(Br)s1. The molecule has 1 nitrogen and oxygen atoms in total. The van der Waals surface area contributed by atoms with Gasteiger partial charge in [-0.1, -0.05) is 13.0 Å². The molecule has 1 unspecified atom stereocenters. The third kappa shape index (κ3) is 3.91. The van der Waals surface area contributed by atoms with Crippen LogP contribution in [0.4, 0.5) is 0 Å². The minimum atomic E-state index is 0.449. The average Bonchev–Trinajstić information content (AvgIpc) is 2.95. The second-order valence-corrected chi connectivity index (χ2v) is 7.46. The summed E-state index contributed by atoms with van der Waals surface area (Å²) in [4.78, 5) is 2.86. The Morgan fingerprint density at radius 2 is 2.24 bits per heavy atom. The van der Waals surface area contributed by atoms with Crippen LogP contribution in [0.25, 0.3) is 0 Å². The molecule has 2 rings (SSSR count). The highest BCUT2D eigenvalue weighted by molar-refractivity contribution is 9.11. The molecule has 0 saturated heterocycles. The third-order valence-electron chi connectivity index (χ3n) is 2.56. The quantitative estimate of drug-likeness (QED) is 0.798. The second-order valence-electron chi connectivity index (χ2n) is 3.93. The summed E-state index contributed by atoms with van der Waals surface area (Å²) in [6.07, 6.45) is 2.26. The number of thiophene rings is 2. The van der Waals surface area contributed by atoms with E-state index >= 15 is 0 Å². The van der Waals surface area contributed by atoms with Crippen LogP contribution in [0.1, 0.15) is 29.1 Å². The summed E-state index contributed by atoms with van der Waals surface area (Å²) in [5.74, 6) is 0. The summed E-state index contributed by atoms with van der Waals surface area (Å²) in [6, 6.07) is 9.14. The fraction of sp³-hybridized carbons (Fsp3) is 0.385. The zero-order valence-electron chi connectivity index (χ0n) is 9.78. The lowest BCUT2D eigenvalue weighted by molar-refractivity contribution is 0.539. The lowest BCUT2D eigenvalue weighted by Crippen LogP contribution is -2.22. The molecule has 0 fully saturated rings. The number of hydrogen-bond donors (Lipinski definition) is 1. The second kappa shape index (κ2) is 6.69. The van der Waals surface area contributed by atoms with Gasteiger partial charge in [-0.15, -0.1) is 22.7 Å². The molecule has 92 valence electrons. The van der Waals surface area contributed by atoms with Gasteiger partial charge in [0.15, 0.2) is 0 Å². The molecule has 1 atom stereocenters. The van der Waals surface area contributed by atoms with E-state index < -0.39 is 0 Å². The number of rotatable bonds is 6. The minimum absolute atomic E-state index is 0.449. The molecule has 0 amide bonds. The number of nitrogens with one attached hydrogen (secondary N) is 1. The molecule has 17 heavy (non-hydrogen) atoms. The van der Waals surface area contributed by atoms with Gasteiger partial charge in [0.1, 0.15) is 0 Å². The molecule has 0 aliphatic heterocycles. The van der Waals surface area contributed by atoms with Crippen molar-refractivity contribution >= 4 is 38.6 Å². The van der Waals surface area contributed by atoms with Crippen molar-refractivity contribution < 1.29 is 0 Å². The van der Waals surface area contributed by atoms with Crippen molar-refractivity contribution in [1.29, 1.82) is 0 Å². The summed E-state index contributed by atoms with van der Waals surface area (Å²) >= 11 is 7.21. The number of halogens is 1. The van der Waals surface area contributed by atoms with Crippen LogP contribution in [0.15, 0.2) is 33.4 Å². The van der Waals surface area contributed by atoms with Crippen LogP contribution in [-0.2, 0) is 6.42 Å². The first-order valence-corrected chi connectivity index (χ1v) is 8.29. The lowest BCUT2D eigenvalue weighted by atomic mass is 10.1. The molecule has 2 aromatic rings. The van der Waals surface area contributed by atoms with Crippen LogP contribution in [0.2, 0.25) is 0 Å². The number of hydrogen-bond acceptors (Lipinski definition) is 3. The van der Waals surface area contributed by atoms with Crippen molar-refractivity contribution in [3.8, 4) is 0 Å². The molecule has 1 N–H and O–H groups in total. The third-order valence-corrected chi connectivity index (χ3v) is 5.20. The zero-order valence-corrected chi connectivity index (χ0v) is 13.0. The molecule has 0 saturated carbocycles.